The summed E-state index contributed by atoms with van der Waals surface area (Å²) in [6.07, 6.45) is -4.04. The molecule has 1 aliphatic heterocycles. The van der Waals surface area contributed by atoms with Crippen molar-refractivity contribution in [2.75, 3.05) is 19.6 Å². The first kappa shape index (κ1) is 24.6. The van der Waals surface area contributed by atoms with Gasteiger partial charge in [-0.3, -0.25) is 14.5 Å². The fraction of sp³-hybridized carbons (Fsp3) is 0.417. The molecule has 1 fully saturated rings. The second-order valence-electron chi connectivity index (χ2n) is 8.44. The Labute approximate surface area is 191 Å². The fourth-order valence-corrected chi connectivity index (χ4v) is 3.74. The Kier molecular flexibility index (Phi) is 7.97. The number of rotatable bonds is 8. The van der Waals surface area contributed by atoms with Gasteiger partial charge in [-0.05, 0) is 41.7 Å². The first-order valence-electron chi connectivity index (χ1n) is 10.8. The molecule has 1 aliphatic rings. The molecule has 0 radical (unpaired) electrons. The largest absolute Gasteiger partial charge is 0.573 e. The molecular formula is C24H28F3N3O3. The van der Waals surface area contributed by atoms with E-state index in [0.717, 1.165) is 31.6 Å². The van der Waals surface area contributed by atoms with Crippen molar-refractivity contribution in [3.63, 3.8) is 0 Å². The summed E-state index contributed by atoms with van der Waals surface area (Å²) in [5, 5.41) is 5.33. The number of alkyl halides is 3. The van der Waals surface area contributed by atoms with Gasteiger partial charge in [0, 0.05) is 31.2 Å². The van der Waals surface area contributed by atoms with E-state index in [-0.39, 0.29) is 24.1 Å². The third-order valence-electron chi connectivity index (χ3n) is 5.43. The fourth-order valence-electron chi connectivity index (χ4n) is 3.74. The van der Waals surface area contributed by atoms with E-state index in [1.807, 2.05) is 0 Å². The Morgan fingerprint density at radius 2 is 1.88 bits per heavy atom. The molecule has 2 aromatic carbocycles. The van der Waals surface area contributed by atoms with Crippen LogP contribution in [0.25, 0.3) is 0 Å². The highest BCUT2D eigenvalue weighted by Crippen LogP contribution is 2.23. The van der Waals surface area contributed by atoms with Crippen LogP contribution >= 0.6 is 0 Å². The molecule has 1 saturated heterocycles. The van der Waals surface area contributed by atoms with Crippen LogP contribution in [-0.4, -0.2) is 48.8 Å². The number of halogens is 3. The van der Waals surface area contributed by atoms with E-state index < -0.39 is 18.0 Å². The molecule has 3 rings (SSSR count). The van der Waals surface area contributed by atoms with Crippen molar-refractivity contribution in [3.05, 3.63) is 65.2 Å². The van der Waals surface area contributed by atoms with Gasteiger partial charge in [-0.2, -0.15) is 0 Å². The number of benzene rings is 2. The van der Waals surface area contributed by atoms with Crippen molar-refractivity contribution in [1.29, 1.82) is 0 Å². The van der Waals surface area contributed by atoms with E-state index in [1.165, 1.54) is 23.3 Å². The average Bonchev–Trinajstić information content (AvgIpc) is 3.18. The summed E-state index contributed by atoms with van der Waals surface area (Å²) in [6, 6.07) is 13.2. The molecule has 6 nitrogen and oxygen atoms in total. The quantitative estimate of drug-likeness (QED) is 0.624. The van der Waals surface area contributed by atoms with Gasteiger partial charge in [-0.25, -0.2) is 0 Å². The van der Waals surface area contributed by atoms with Crippen molar-refractivity contribution in [3.8, 4) is 5.75 Å². The van der Waals surface area contributed by atoms with Gasteiger partial charge in [0.25, 0.3) is 5.91 Å². The lowest BCUT2D eigenvalue weighted by Gasteiger charge is -2.17. The lowest BCUT2D eigenvalue weighted by molar-refractivity contribution is -0.274. The summed E-state index contributed by atoms with van der Waals surface area (Å²) in [4.78, 5) is 26.7. The van der Waals surface area contributed by atoms with Crippen LogP contribution in [0.5, 0.6) is 5.75 Å². The maximum atomic E-state index is 12.3. The van der Waals surface area contributed by atoms with Gasteiger partial charge in [0.2, 0.25) is 5.91 Å². The zero-order chi connectivity index (χ0) is 24.0. The van der Waals surface area contributed by atoms with Crippen molar-refractivity contribution < 1.29 is 27.5 Å². The second kappa shape index (κ2) is 10.7. The minimum atomic E-state index is -4.85. The van der Waals surface area contributed by atoms with Crippen LogP contribution in [0, 0.1) is 0 Å². The average molecular weight is 464 g/mol. The summed E-state index contributed by atoms with van der Waals surface area (Å²) >= 11 is 0. The van der Waals surface area contributed by atoms with Gasteiger partial charge in [0.05, 0.1) is 6.54 Å². The highest BCUT2D eigenvalue weighted by atomic mass is 19.4. The number of carbonyl (C=O) groups excluding carboxylic acids is 2. The van der Waals surface area contributed by atoms with Crippen LogP contribution < -0.4 is 15.4 Å². The Hall–Kier alpha value is -3.07. The molecule has 33 heavy (non-hydrogen) atoms. The molecule has 178 valence electrons. The predicted molar refractivity (Wildman–Crippen MR) is 118 cm³/mol. The third-order valence-corrected chi connectivity index (χ3v) is 5.43. The smallest absolute Gasteiger partial charge is 0.406 e. The minimum Gasteiger partial charge on any atom is -0.406 e. The lowest BCUT2D eigenvalue weighted by Crippen LogP contribution is -2.43. The number of hydrogen-bond donors (Lipinski definition) is 2. The topological polar surface area (TPSA) is 70.7 Å². The maximum Gasteiger partial charge on any atom is 0.573 e. The molecule has 0 unspecified atom stereocenters. The summed E-state index contributed by atoms with van der Waals surface area (Å²) in [5.74, 6) is -1.01. The number of nitrogens with zero attached hydrogens (tertiary/aromatic N) is 1. The van der Waals surface area contributed by atoms with Crippen molar-refractivity contribution in [1.82, 2.24) is 15.5 Å². The second-order valence-corrected chi connectivity index (χ2v) is 8.44. The number of ether oxygens (including phenoxy) is 1. The first-order chi connectivity index (χ1) is 15.6. The summed E-state index contributed by atoms with van der Waals surface area (Å²) in [7, 11) is 0. The van der Waals surface area contributed by atoms with E-state index in [4.69, 9.17) is 0 Å². The van der Waals surface area contributed by atoms with Gasteiger partial charge >= 0.3 is 6.36 Å². The highest BCUT2D eigenvalue weighted by Gasteiger charge is 2.31. The molecule has 1 atom stereocenters. The Morgan fingerprint density at radius 3 is 2.55 bits per heavy atom. The van der Waals surface area contributed by atoms with Gasteiger partial charge in [-0.1, -0.05) is 44.2 Å². The van der Waals surface area contributed by atoms with Crippen molar-refractivity contribution in [2.24, 2.45) is 0 Å². The van der Waals surface area contributed by atoms with Crippen LogP contribution in [-0.2, 0) is 11.3 Å². The van der Waals surface area contributed by atoms with E-state index in [1.54, 1.807) is 0 Å². The summed E-state index contributed by atoms with van der Waals surface area (Å²) < 4.78 is 40.8. The molecule has 2 amide bonds. The maximum absolute atomic E-state index is 12.3. The molecule has 0 bridgehead atoms. The van der Waals surface area contributed by atoms with Gasteiger partial charge in [0.1, 0.15) is 5.75 Å². The summed E-state index contributed by atoms with van der Waals surface area (Å²) in [5.41, 5.74) is 2.49. The van der Waals surface area contributed by atoms with Crippen molar-refractivity contribution in [2.45, 2.75) is 45.1 Å². The molecule has 9 heteroatoms. The number of carbonyl (C=O) groups is 2. The van der Waals surface area contributed by atoms with Crippen molar-refractivity contribution >= 4 is 11.8 Å². The molecule has 0 saturated carbocycles. The molecule has 0 aromatic heterocycles. The summed E-state index contributed by atoms with van der Waals surface area (Å²) in [6.45, 7) is 6.42. The zero-order valence-corrected chi connectivity index (χ0v) is 18.6. The SMILES string of the molecule is CC(C)c1ccc(CN2CC[C@@H](NC(=O)CNC(=O)c3cccc(OC(F)(F)F)c3)C2)cc1. The van der Waals surface area contributed by atoms with Crippen LogP contribution in [0.15, 0.2) is 48.5 Å². The molecule has 0 aliphatic carbocycles. The molecule has 2 N–H and O–H groups in total. The molecule has 0 spiro atoms. The van der Waals surface area contributed by atoms with Crippen LogP contribution in [0.2, 0.25) is 0 Å². The predicted octanol–water partition coefficient (Wildman–Crippen LogP) is 3.83. The Balaban J connectivity index is 1.42. The monoisotopic (exact) mass is 463 g/mol. The molecule has 1 heterocycles. The van der Waals surface area contributed by atoms with E-state index >= 15 is 0 Å². The number of hydrogen-bond acceptors (Lipinski definition) is 4. The Bertz CT molecular complexity index is 961. The highest BCUT2D eigenvalue weighted by molar-refractivity contribution is 5.96. The third kappa shape index (κ3) is 7.78. The number of likely N-dealkylation sites (tertiary alicyclic amines) is 1. The van der Waals surface area contributed by atoms with Gasteiger partial charge in [0.15, 0.2) is 0 Å². The standard InChI is InChI=1S/C24H28F3N3O3/c1-16(2)18-8-6-17(7-9-18)14-30-11-10-20(15-30)29-22(31)13-28-23(32)19-4-3-5-21(12-19)33-24(25,26)27/h3-9,12,16,20H,10-11,13-15H2,1-2H3,(H,28,32)(H,29,31)/t20-/m1/s1. The van der Waals surface area contributed by atoms with E-state index in [9.17, 15) is 22.8 Å². The molecular weight excluding hydrogens is 435 g/mol. The van der Waals surface area contributed by atoms with Crippen LogP contribution in [0.1, 0.15) is 47.7 Å². The van der Waals surface area contributed by atoms with Gasteiger partial charge in [-0.15, -0.1) is 13.2 Å². The lowest BCUT2D eigenvalue weighted by atomic mass is 10.0. The van der Waals surface area contributed by atoms with E-state index in [0.29, 0.717) is 12.5 Å². The Morgan fingerprint density at radius 1 is 1.15 bits per heavy atom. The molecule has 2 aromatic rings. The normalized spacial score (nSPS) is 16.6. The van der Waals surface area contributed by atoms with Crippen LogP contribution in [0.3, 0.4) is 0 Å². The minimum absolute atomic E-state index is 0.0205. The zero-order valence-electron chi connectivity index (χ0n) is 18.6. The van der Waals surface area contributed by atoms with E-state index in [2.05, 4.69) is 58.4 Å². The van der Waals surface area contributed by atoms with Crippen LogP contribution in [0.4, 0.5) is 13.2 Å². The number of amides is 2. The first-order valence-corrected chi connectivity index (χ1v) is 10.8. The number of nitrogens with one attached hydrogen (secondary N) is 2. The van der Waals surface area contributed by atoms with Gasteiger partial charge < -0.3 is 15.4 Å².